The molecule has 1 aromatic rings. The molecule has 0 bridgehead atoms. The highest BCUT2D eigenvalue weighted by Crippen LogP contribution is 2.39. The minimum Gasteiger partial charge on any atom is -0.485 e. The van der Waals surface area contributed by atoms with E-state index in [-0.39, 0.29) is 18.1 Å². The van der Waals surface area contributed by atoms with E-state index in [1.807, 2.05) is 17.0 Å². The number of para-hydroxylation sites is 1. The second-order valence-corrected chi connectivity index (χ2v) is 9.75. The Balaban J connectivity index is 1.43. The molecule has 0 atom stereocenters. The van der Waals surface area contributed by atoms with E-state index < -0.39 is 0 Å². The molecule has 1 heterocycles. The highest BCUT2D eigenvalue weighted by atomic mass is 16.5. The average Bonchev–Trinajstić information content (AvgIpc) is 2.92. The zero-order valence-corrected chi connectivity index (χ0v) is 18.8. The highest BCUT2D eigenvalue weighted by molar-refractivity contribution is 5.77. The summed E-state index contributed by atoms with van der Waals surface area (Å²) in [5, 5.41) is 0. The summed E-state index contributed by atoms with van der Waals surface area (Å²) in [6.07, 6.45) is 11.3. The van der Waals surface area contributed by atoms with E-state index >= 15 is 0 Å². The Morgan fingerprint density at radius 3 is 2.63 bits per heavy atom. The third kappa shape index (κ3) is 5.00. The van der Waals surface area contributed by atoms with Gasteiger partial charge in [0, 0.05) is 31.8 Å². The van der Waals surface area contributed by atoms with Crippen LogP contribution in [0.3, 0.4) is 0 Å². The number of carbonyl (C=O) groups is 1. The maximum Gasteiger partial charge on any atom is 0.248 e. The van der Waals surface area contributed by atoms with Crippen LogP contribution in [0.1, 0.15) is 63.4 Å². The van der Waals surface area contributed by atoms with Gasteiger partial charge >= 0.3 is 0 Å². The molecular weight excluding hydrogens is 376 g/mol. The number of hydrogen-bond acceptors (Lipinski definition) is 4. The summed E-state index contributed by atoms with van der Waals surface area (Å²) in [6.45, 7) is 2.62. The minimum absolute atomic E-state index is 0.0497. The maximum atomic E-state index is 12.7. The van der Waals surface area contributed by atoms with E-state index in [0.29, 0.717) is 19.1 Å². The lowest BCUT2D eigenvalue weighted by atomic mass is 9.80. The van der Waals surface area contributed by atoms with E-state index in [4.69, 9.17) is 9.47 Å². The standard InChI is InChI=1S/C25H38N2O3/c1-26(16-20-8-4-3-5-9-20)22-12-14-25(15-13-22)19-27(24(28)18-29-2)17-21-10-6-7-11-23(21)30-25/h6-7,10-11,20,22H,3-5,8-9,12-19H2,1-2H3. The number of carbonyl (C=O) groups excluding carboxylic acids is 1. The van der Waals surface area contributed by atoms with Gasteiger partial charge in [-0.05, 0) is 57.6 Å². The van der Waals surface area contributed by atoms with Gasteiger partial charge in [-0.3, -0.25) is 4.79 Å². The molecule has 0 aromatic heterocycles. The molecule has 5 nitrogen and oxygen atoms in total. The van der Waals surface area contributed by atoms with Crippen LogP contribution in [0.25, 0.3) is 0 Å². The molecule has 1 amide bonds. The quantitative estimate of drug-likeness (QED) is 0.722. The van der Waals surface area contributed by atoms with Crippen LogP contribution in [-0.4, -0.2) is 61.2 Å². The van der Waals surface area contributed by atoms with Crippen molar-refractivity contribution < 1.29 is 14.3 Å². The molecule has 0 N–H and O–H groups in total. The Morgan fingerprint density at radius 1 is 1.17 bits per heavy atom. The third-order valence-corrected chi connectivity index (χ3v) is 7.52. The zero-order chi connectivity index (χ0) is 21.0. The Kier molecular flexibility index (Phi) is 6.99. The summed E-state index contributed by atoms with van der Waals surface area (Å²) in [5.41, 5.74) is 0.813. The molecule has 0 unspecified atom stereocenters. The topological polar surface area (TPSA) is 42.0 Å². The summed E-state index contributed by atoms with van der Waals surface area (Å²) in [7, 11) is 3.90. The van der Waals surface area contributed by atoms with E-state index in [1.165, 1.54) is 38.6 Å². The molecule has 1 spiro atoms. The molecule has 0 radical (unpaired) electrons. The van der Waals surface area contributed by atoms with Crippen LogP contribution in [0.5, 0.6) is 5.75 Å². The van der Waals surface area contributed by atoms with E-state index in [9.17, 15) is 4.79 Å². The number of methoxy groups -OCH3 is 1. The molecule has 0 saturated heterocycles. The van der Waals surface area contributed by atoms with Gasteiger partial charge in [-0.1, -0.05) is 37.5 Å². The molecule has 166 valence electrons. The van der Waals surface area contributed by atoms with Gasteiger partial charge in [0.15, 0.2) is 0 Å². The number of benzene rings is 1. The van der Waals surface area contributed by atoms with Crippen molar-refractivity contribution in [2.45, 2.75) is 76.0 Å². The molecule has 1 aliphatic heterocycles. The first kappa shape index (κ1) is 21.6. The summed E-state index contributed by atoms with van der Waals surface area (Å²) in [5.74, 6) is 1.87. The van der Waals surface area contributed by atoms with Crippen molar-refractivity contribution in [1.82, 2.24) is 9.80 Å². The van der Waals surface area contributed by atoms with Crippen LogP contribution in [-0.2, 0) is 16.1 Å². The zero-order valence-electron chi connectivity index (χ0n) is 18.8. The van der Waals surface area contributed by atoms with E-state index in [0.717, 1.165) is 42.9 Å². The lowest BCUT2D eigenvalue weighted by molar-refractivity contribution is -0.139. The second kappa shape index (κ2) is 9.69. The predicted octanol–water partition coefficient (Wildman–Crippen LogP) is 4.25. The normalized spacial score (nSPS) is 27.6. The maximum absolute atomic E-state index is 12.7. The molecule has 3 aliphatic rings. The molecule has 30 heavy (non-hydrogen) atoms. The van der Waals surface area contributed by atoms with Gasteiger partial charge in [0.25, 0.3) is 0 Å². The first-order valence-corrected chi connectivity index (χ1v) is 11.8. The van der Waals surface area contributed by atoms with Crippen LogP contribution in [0.15, 0.2) is 24.3 Å². The smallest absolute Gasteiger partial charge is 0.248 e. The SMILES string of the molecule is COCC(=O)N1Cc2ccccc2OC2(CCC(N(C)CC3CCCCC3)CC2)C1. The summed E-state index contributed by atoms with van der Waals surface area (Å²) in [4.78, 5) is 17.3. The molecule has 2 aliphatic carbocycles. The minimum atomic E-state index is -0.280. The first-order chi connectivity index (χ1) is 14.6. The highest BCUT2D eigenvalue weighted by Gasteiger charge is 2.43. The van der Waals surface area contributed by atoms with Gasteiger partial charge < -0.3 is 19.3 Å². The van der Waals surface area contributed by atoms with Gasteiger partial charge in [0.05, 0.1) is 6.54 Å². The van der Waals surface area contributed by atoms with Gasteiger partial charge in [-0.2, -0.15) is 0 Å². The van der Waals surface area contributed by atoms with Gasteiger partial charge in [0.2, 0.25) is 5.91 Å². The Hall–Kier alpha value is -1.59. The monoisotopic (exact) mass is 414 g/mol. The number of amides is 1. The number of fused-ring (bicyclic) bond motifs is 1. The fourth-order valence-electron chi connectivity index (χ4n) is 5.76. The van der Waals surface area contributed by atoms with Crippen molar-refractivity contribution in [3.8, 4) is 5.75 Å². The van der Waals surface area contributed by atoms with Gasteiger partial charge in [-0.25, -0.2) is 0 Å². The fourth-order valence-corrected chi connectivity index (χ4v) is 5.76. The van der Waals surface area contributed by atoms with Crippen molar-refractivity contribution in [3.05, 3.63) is 29.8 Å². The van der Waals surface area contributed by atoms with Crippen molar-refractivity contribution in [2.24, 2.45) is 5.92 Å². The number of hydrogen-bond donors (Lipinski definition) is 0. The summed E-state index contributed by atoms with van der Waals surface area (Å²) >= 11 is 0. The average molecular weight is 415 g/mol. The van der Waals surface area contributed by atoms with Crippen molar-refractivity contribution >= 4 is 5.91 Å². The summed E-state index contributed by atoms with van der Waals surface area (Å²) in [6, 6.07) is 8.81. The van der Waals surface area contributed by atoms with E-state index in [2.05, 4.69) is 24.1 Å². The molecule has 1 aromatic carbocycles. The van der Waals surface area contributed by atoms with Crippen molar-refractivity contribution in [2.75, 3.05) is 33.9 Å². The number of rotatable bonds is 5. The van der Waals surface area contributed by atoms with Crippen molar-refractivity contribution in [1.29, 1.82) is 0 Å². The molecule has 5 heteroatoms. The predicted molar refractivity (Wildman–Crippen MR) is 119 cm³/mol. The first-order valence-electron chi connectivity index (χ1n) is 11.8. The Labute approximate surface area is 181 Å². The van der Waals surface area contributed by atoms with Gasteiger partial charge in [-0.15, -0.1) is 0 Å². The molecule has 2 saturated carbocycles. The number of ether oxygens (including phenoxy) is 2. The lowest BCUT2D eigenvalue weighted by Gasteiger charge is -2.44. The lowest BCUT2D eigenvalue weighted by Crippen LogP contribution is -2.52. The van der Waals surface area contributed by atoms with Crippen molar-refractivity contribution in [3.63, 3.8) is 0 Å². The summed E-state index contributed by atoms with van der Waals surface area (Å²) < 4.78 is 11.8. The van der Waals surface area contributed by atoms with Crippen LogP contribution >= 0.6 is 0 Å². The molecule has 4 rings (SSSR count). The molecule has 2 fully saturated rings. The van der Waals surface area contributed by atoms with Crippen LogP contribution < -0.4 is 4.74 Å². The van der Waals surface area contributed by atoms with E-state index in [1.54, 1.807) is 7.11 Å². The van der Waals surface area contributed by atoms with Crippen LogP contribution in [0.4, 0.5) is 0 Å². The van der Waals surface area contributed by atoms with Crippen LogP contribution in [0.2, 0.25) is 0 Å². The Bertz CT molecular complexity index is 708. The number of nitrogens with zero attached hydrogens (tertiary/aromatic N) is 2. The third-order valence-electron chi connectivity index (χ3n) is 7.52. The van der Waals surface area contributed by atoms with Gasteiger partial charge in [0.1, 0.15) is 18.0 Å². The molecular formula is C25H38N2O3. The fraction of sp³-hybridized carbons (Fsp3) is 0.720. The second-order valence-electron chi connectivity index (χ2n) is 9.75. The largest absolute Gasteiger partial charge is 0.485 e. The van der Waals surface area contributed by atoms with Crippen LogP contribution in [0, 0.1) is 5.92 Å². The Morgan fingerprint density at radius 2 is 1.90 bits per heavy atom.